The van der Waals surface area contributed by atoms with Crippen LogP contribution < -0.4 is 5.32 Å². The number of hydrogen-bond donors (Lipinski definition) is 1. The average Bonchev–Trinajstić information content (AvgIpc) is 2.24. The summed E-state index contributed by atoms with van der Waals surface area (Å²) < 4.78 is 0. The van der Waals surface area contributed by atoms with Crippen molar-refractivity contribution in [2.45, 2.75) is 20.3 Å². The topological polar surface area (TPSA) is 18.5 Å². The van der Waals surface area contributed by atoms with Crippen molar-refractivity contribution in [3.8, 4) is 0 Å². The van der Waals surface area contributed by atoms with E-state index in [1.165, 1.54) is 18.5 Å². The van der Waals surface area contributed by atoms with Gasteiger partial charge in [-0.1, -0.05) is 20.4 Å². The molecule has 0 radical (unpaired) electrons. The fourth-order valence-electron chi connectivity index (χ4n) is 1.63. The number of rotatable bonds is 10. The summed E-state index contributed by atoms with van der Waals surface area (Å²) in [7, 11) is 4.25. The minimum atomic E-state index is 0.945. The highest BCUT2D eigenvalue weighted by atomic mass is 15.1. The smallest absolute Gasteiger partial charge is 0.0202 e. The van der Waals surface area contributed by atoms with Gasteiger partial charge in [0.1, 0.15) is 0 Å². The van der Waals surface area contributed by atoms with E-state index in [1.807, 2.05) is 0 Å². The molecule has 96 valence electrons. The summed E-state index contributed by atoms with van der Waals surface area (Å²) in [6.45, 7) is 14.9. The van der Waals surface area contributed by atoms with Crippen LogP contribution in [-0.4, -0.2) is 63.2 Å². The molecule has 3 heteroatoms. The van der Waals surface area contributed by atoms with E-state index >= 15 is 0 Å². The first-order valence-corrected chi connectivity index (χ1v) is 6.34. The molecule has 0 bridgehead atoms. The van der Waals surface area contributed by atoms with E-state index in [1.54, 1.807) is 0 Å². The summed E-state index contributed by atoms with van der Waals surface area (Å²) >= 11 is 0. The van der Waals surface area contributed by atoms with Gasteiger partial charge < -0.3 is 10.2 Å². The fraction of sp³-hybridized carbons (Fsp3) is 0.846. The van der Waals surface area contributed by atoms with Gasteiger partial charge in [-0.2, -0.15) is 0 Å². The van der Waals surface area contributed by atoms with Crippen molar-refractivity contribution in [2.24, 2.45) is 0 Å². The van der Waals surface area contributed by atoms with Crippen molar-refractivity contribution in [3.05, 3.63) is 12.2 Å². The SMILES string of the molecule is C=C(CNCC)CN(CC)CCCN(C)C. The Morgan fingerprint density at radius 3 is 2.38 bits per heavy atom. The van der Waals surface area contributed by atoms with Crippen molar-refractivity contribution in [2.75, 3.05) is 53.4 Å². The fourth-order valence-corrected chi connectivity index (χ4v) is 1.63. The summed E-state index contributed by atoms with van der Waals surface area (Å²) in [6, 6.07) is 0. The molecule has 0 spiro atoms. The summed E-state index contributed by atoms with van der Waals surface area (Å²) in [5.41, 5.74) is 1.29. The van der Waals surface area contributed by atoms with Gasteiger partial charge in [0, 0.05) is 13.1 Å². The Morgan fingerprint density at radius 2 is 1.88 bits per heavy atom. The quantitative estimate of drug-likeness (QED) is 0.570. The first kappa shape index (κ1) is 15.6. The highest BCUT2D eigenvalue weighted by molar-refractivity contribution is 4.99. The van der Waals surface area contributed by atoms with Gasteiger partial charge in [0.05, 0.1) is 0 Å². The molecule has 1 N–H and O–H groups in total. The Bertz CT molecular complexity index is 178. The molecule has 0 aromatic heterocycles. The zero-order valence-corrected chi connectivity index (χ0v) is 11.6. The van der Waals surface area contributed by atoms with Crippen LogP contribution in [0.1, 0.15) is 20.3 Å². The molecule has 0 saturated heterocycles. The average molecular weight is 227 g/mol. The Kier molecular flexibility index (Phi) is 9.59. The monoisotopic (exact) mass is 227 g/mol. The number of nitrogens with one attached hydrogen (secondary N) is 1. The Hall–Kier alpha value is -0.380. The van der Waals surface area contributed by atoms with Crippen LogP contribution in [0, 0.1) is 0 Å². The lowest BCUT2D eigenvalue weighted by molar-refractivity contribution is 0.283. The number of likely N-dealkylation sites (N-methyl/N-ethyl adjacent to an activating group) is 2. The molecule has 3 nitrogen and oxygen atoms in total. The molecule has 0 aliphatic heterocycles. The molecule has 16 heavy (non-hydrogen) atoms. The van der Waals surface area contributed by atoms with E-state index < -0.39 is 0 Å². The van der Waals surface area contributed by atoms with E-state index in [0.29, 0.717) is 0 Å². The predicted molar refractivity (Wildman–Crippen MR) is 73.0 cm³/mol. The van der Waals surface area contributed by atoms with Crippen LogP contribution in [0.25, 0.3) is 0 Å². The van der Waals surface area contributed by atoms with E-state index in [4.69, 9.17) is 0 Å². The van der Waals surface area contributed by atoms with Gasteiger partial charge in [0.2, 0.25) is 0 Å². The van der Waals surface area contributed by atoms with Crippen LogP contribution in [0.3, 0.4) is 0 Å². The molecule has 0 aromatic rings. The largest absolute Gasteiger partial charge is 0.313 e. The first-order valence-electron chi connectivity index (χ1n) is 6.34. The van der Waals surface area contributed by atoms with Gasteiger partial charge in [-0.15, -0.1) is 0 Å². The molecule has 0 heterocycles. The van der Waals surface area contributed by atoms with Gasteiger partial charge in [-0.05, 0) is 52.3 Å². The Balaban J connectivity index is 3.68. The summed E-state index contributed by atoms with van der Waals surface area (Å²) in [6.07, 6.45) is 1.23. The van der Waals surface area contributed by atoms with Crippen LogP contribution in [0.2, 0.25) is 0 Å². The van der Waals surface area contributed by atoms with E-state index in [-0.39, 0.29) is 0 Å². The standard InChI is InChI=1S/C13H29N3/c1-6-14-11-13(3)12-16(7-2)10-8-9-15(4)5/h14H,3,6-12H2,1-2,4-5H3. The van der Waals surface area contributed by atoms with Crippen molar-refractivity contribution in [1.29, 1.82) is 0 Å². The zero-order valence-electron chi connectivity index (χ0n) is 11.6. The third-order valence-electron chi connectivity index (χ3n) is 2.60. The maximum Gasteiger partial charge on any atom is 0.0202 e. The molecular formula is C13H29N3. The van der Waals surface area contributed by atoms with Gasteiger partial charge in [0.25, 0.3) is 0 Å². The third kappa shape index (κ3) is 8.89. The minimum absolute atomic E-state index is 0.945. The molecule has 0 aromatic carbocycles. The molecule has 0 atom stereocenters. The van der Waals surface area contributed by atoms with Crippen molar-refractivity contribution >= 4 is 0 Å². The summed E-state index contributed by atoms with van der Waals surface area (Å²) in [5.74, 6) is 0. The highest BCUT2D eigenvalue weighted by Crippen LogP contribution is 1.98. The molecular weight excluding hydrogens is 198 g/mol. The van der Waals surface area contributed by atoms with Crippen LogP contribution in [0.5, 0.6) is 0 Å². The van der Waals surface area contributed by atoms with E-state index in [9.17, 15) is 0 Å². The lowest BCUT2D eigenvalue weighted by Crippen LogP contribution is -2.31. The second-order valence-corrected chi connectivity index (χ2v) is 4.56. The second-order valence-electron chi connectivity index (χ2n) is 4.56. The summed E-state index contributed by atoms with van der Waals surface area (Å²) in [5, 5.41) is 3.32. The maximum atomic E-state index is 4.11. The molecule has 0 saturated carbocycles. The second kappa shape index (κ2) is 9.82. The van der Waals surface area contributed by atoms with Gasteiger partial charge in [0.15, 0.2) is 0 Å². The van der Waals surface area contributed by atoms with E-state index in [2.05, 4.69) is 49.6 Å². The molecule has 0 aliphatic rings. The lowest BCUT2D eigenvalue weighted by Gasteiger charge is -2.22. The number of nitrogens with zero attached hydrogens (tertiary/aromatic N) is 2. The maximum absolute atomic E-state index is 4.11. The van der Waals surface area contributed by atoms with Crippen molar-refractivity contribution < 1.29 is 0 Å². The molecule has 0 aliphatic carbocycles. The molecule has 0 rings (SSSR count). The first-order chi connectivity index (χ1) is 7.60. The summed E-state index contributed by atoms with van der Waals surface area (Å²) in [4.78, 5) is 4.70. The third-order valence-corrected chi connectivity index (χ3v) is 2.60. The Morgan fingerprint density at radius 1 is 1.19 bits per heavy atom. The van der Waals surface area contributed by atoms with Gasteiger partial charge >= 0.3 is 0 Å². The highest BCUT2D eigenvalue weighted by Gasteiger charge is 2.04. The minimum Gasteiger partial charge on any atom is -0.313 e. The van der Waals surface area contributed by atoms with Crippen LogP contribution in [-0.2, 0) is 0 Å². The number of hydrogen-bond acceptors (Lipinski definition) is 3. The Labute approximate surface area is 101 Å². The normalized spacial score (nSPS) is 11.4. The molecule has 0 amide bonds. The van der Waals surface area contributed by atoms with Gasteiger partial charge in [-0.3, -0.25) is 4.90 Å². The van der Waals surface area contributed by atoms with E-state index in [0.717, 1.165) is 32.7 Å². The van der Waals surface area contributed by atoms with Crippen LogP contribution in [0.4, 0.5) is 0 Å². The van der Waals surface area contributed by atoms with Crippen LogP contribution in [0.15, 0.2) is 12.2 Å². The van der Waals surface area contributed by atoms with Crippen molar-refractivity contribution in [3.63, 3.8) is 0 Å². The zero-order chi connectivity index (χ0) is 12.4. The lowest BCUT2D eigenvalue weighted by atomic mass is 10.2. The molecule has 0 fully saturated rings. The van der Waals surface area contributed by atoms with Crippen LogP contribution >= 0.6 is 0 Å². The predicted octanol–water partition coefficient (Wildman–Crippen LogP) is 1.43. The molecule has 0 unspecified atom stereocenters. The van der Waals surface area contributed by atoms with Gasteiger partial charge in [-0.25, -0.2) is 0 Å². The van der Waals surface area contributed by atoms with Crippen molar-refractivity contribution in [1.82, 2.24) is 15.1 Å².